The zero-order valence-corrected chi connectivity index (χ0v) is 11.2. The highest BCUT2D eigenvalue weighted by Gasteiger charge is 2.24. The van der Waals surface area contributed by atoms with E-state index in [1.54, 1.807) is 6.07 Å². The van der Waals surface area contributed by atoms with E-state index in [9.17, 15) is 4.79 Å². The van der Waals surface area contributed by atoms with E-state index in [0.717, 1.165) is 30.8 Å². The number of carbonyl (C=O) groups is 1. The maximum atomic E-state index is 11.0. The van der Waals surface area contributed by atoms with Gasteiger partial charge in [-0.25, -0.2) is 4.79 Å². The molecule has 1 aliphatic heterocycles. The first-order chi connectivity index (χ1) is 8.49. The maximum absolute atomic E-state index is 11.0. The Morgan fingerprint density at radius 2 is 2.17 bits per heavy atom. The number of rotatable bonds is 3. The molecular formula is C14H20N2O2. The first kappa shape index (κ1) is 12.9. The van der Waals surface area contributed by atoms with Gasteiger partial charge in [-0.3, -0.25) is 0 Å². The lowest BCUT2D eigenvalue weighted by atomic mass is 10.1. The third kappa shape index (κ3) is 2.48. The number of aryl methyl sites for hydroxylation is 1. The van der Waals surface area contributed by atoms with Crippen LogP contribution in [0.5, 0.6) is 0 Å². The number of benzene rings is 1. The summed E-state index contributed by atoms with van der Waals surface area (Å²) >= 11 is 0. The van der Waals surface area contributed by atoms with E-state index >= 15 is 0 Å². The molecule has 0 radical (unpaired) electrons. The molecule has 4 nitrogen and oxygen atoms in total. The molecule has 18 heavy (non-hydrogen) atoms. The Kier molecular flexibility index (Phi) is 3.57. The standard InChI is InChI=1S/C14H20N2O2/c1-10-8-11(4-5-13(10)14(17)18)16-7-6-12(9-16)15(2)3/h4-5,8,12H,6-7,9H2,1-3H3,(H,17,18). The van der Waals surface area contributed by atoms with Crippen LogP contribution in [0.1, 0.15) is 22.3 Å². The predicted octanol–water partition coefficient (Wildman–Crippen LogP) is 1.83. The second kappa shape index (κ2) is 4.98. The van der Waals surface area contributed by atoms with Crippen LogP contribution in [-0.4, -0.2) is 49.2 Å². The average molecular weight is 248 g/mol. The summed E-state index contributed by atoms with van der Waals surface area (Å²) in [4.78, 5) is 15.5. The second-order valence-electron chi connectivity index (χ2n) is 5.16. The highest BCUT2D eigenvalue weighted by Crippen LogP contribution is 2.24. The summed E-state index contributed by atoms with van der Waals surface area (Å²) in [5, 5.41) is 9.02. The fraction of sp³-hybridized carbons (Fsp3) is 0.500. The fourth-order valence-electron chi connectivity index (χ4n) is 2.48. The molecule has 98 valence electrons. The molecule has 0 spiro atoms. The van der Waals surface area contributed by atoms with E-state index < -0.39 is 5.97 Å². The normalized spacial score (nSPS) is 19.6. The molecule has 1 aromatic carbocycles. The number of hydrogen-bond donors (Lipinski definition) is 1. The van der Waals surface area contributed by atoms with Crippen molar-refractivity contribution in [2.24, 2.45) is 0 Å². The van der Waals surface area contributed by atoms with E-state index in [0.29, 0.717) is 11.6 Å². The van der Waals surface area contributed by atoms with Gasteiger partial charge >= 0.3 is 5.97 Å². The van der Waals surface area contributed by atoms with Gasteiger partial charge in [-0.1, -0.05) is 0 Å². The molecule has 1 aliphatic rings. The van der Waals surface area contributed by atoms with Crippen molar-refractivity contribution in [3.05, 3.63) is 29.3 Å². The van der Waals surface area contributed by atoms with Crippen LogP contribution in [0.15, 0.2) is 18.2 Å². The molecule has 2 rings (SSSR count). The van der Waals surface area contributed by atoms with Gasteiger partial charge in [0.2, 0.25) is 0 Å². The van der Waals surface area contributed by atoms with Crippen LogP contribution in [0, 0.1) is 6.92 Å². The molecule has 1 unspecified atom stereocenters. The topological polar surface area (TPSA) is 43.8 Å². The van der Waals surface area contributed by atoms with Crippen molar-refractivity contribution in [2.45, 2.75) is 19.4 Å². The summed E-state index contributed by atoms with van der Waals surface area (Å²) in [6.45, 7) is 3.90. The van der Waals surface area contributed by atoms with Crippen molar-refractivity contribution < 1.29 is 9.90 Å². The highest BCUT2D eigenvalue weighted by molar-refractivity contribution is 5.89. The smallest absolute Gasteiger partial charge is 0.335 e. The van der Waals surface area contributed by atoms with Crippen molar-refractivity contribution in [3.8, 4) is 0 Å². The Labute approximate surface area is 108 Å². The van der Waals surface area contributed by atoms with Gasteiger partial charge in [0.25, 0.3) is 0 Å². The van der Waals surface area contributed by atoms with Crippen molar-refractivity contribution in [1.82, 2.24) is 4.90 Å². The molecule has 0 bridgehead atoms. The van der Waals surface area contributed by atoms with Crippen LogP contribution in [0.4, 0.5) is 5.69 Å². The Bertz CT molecular complexity index is 457. The minimum absolute atomic E-state index is 0.391. The first-order valence-corrected chi connectivity index (χ1v) is 6.24. The van der Waals surface area contributed by atoms with Gasteiger partial charge in [0, 0.05) is 24.8 Å². The van der Waals surface area contributed by atoms with Crippen LogP contribution < -0.4 is 4.90 Å². The molecule has 1 N–H and O–H groups in total. The quantitative estimate of drug-likeness (QED) is 0.886. The predicted molar refractivity (Wildman–Crippen MR) is 72.4 cm³/mol. The second-order valence-corrected chi connectivity index (χ2v) is 5.16. The number of carboxylic acid groups (broad SMARTS) is 1. The van der Waals surface area contributed by atoms with Crippen molar-refractivity contribution in [2.75, 3.05) is 32.1 Å². The Morgan fingerprint density at radius 1 is 1.44 bits per heavy atom. The summed E-state index contributed by atoms with van der Waals surface area (Å²) in [7, 11) is 4.21. The van der Waals surface area contributed by atoms with Crippen molar-refractivity contribution >= 4 is 11.7 Å². The fourth-order valence-corrected chi connectivity index (χ4v) is 2.48. The number of nitrogens with zero attached hydrogens (tertiary/aromatic N) is 2. The average Bonchev–Trinajstić information content (AvgIpc) is 2.77. The number of carboxylic acids is 1. The van der Waals surface area contributed by atoms with Gasteiger partial charge < -0.3 is 14.9 Å². The molecule has 1 saturated heterocycles. The van der Waals surface area contributed by atoms with E-state index in [-0.39, 0.29) is 0 Å². The summed E-state index contributed by atoms with van der Waals surface area (Å²) in [6, 6.07) is 6.18. The van der Waals surface area contributed by atoms with E-state index in [1.165, 1.54) is 0 Å². The monoisotopic (exact) mass is 248 g/mol. The van der Waals surface area contributed by atoms with Gasteiger partial charge in [0.1, 0.15) is 0 Å². The lowest BCUT2D eigenvalue weighted by molar-refractivity contribution is 0.0696. The third-order valence-corrected chi connectivity index (χ3v) is 3.70. The van der Waals surface area contributed by atoms with Crippen molar-refractivity contribution in [3.63, 3.8) is 0 Å². The Morgan fingerprint density at radius 3 is 2.67 bits per heavy atom. The molecule has 0 saturated carbocycles. The highest BCUT2D eigenvalue weighted by atomic mass is 16.4. The third-order valence-electron chi connectivity index (χ3n) is 3.70. The summed E-state index contributed by atoms with van der Waals surface area (Å²) in [5.41, 5.74) is 2.34. The van der Waals surface area contributed by atoms with Gasteiger partial charge in [-0.15, -0.1) is 0 Å². The van der Waals surface area contributed by atoms with E-state index in [1.807, 2.05) is 19.1 Å². The number of likely N-dealkylation sites (N-methyl/N-ethyl adjacent to an activating group) is 1. The molecule has 0 amide bonds. The zero-order valence-electron chi connectivity index (χ0n) is 11.2. The van der Waals surface area contributed by atoms with Gasteiger partial charge in [-0.2, -0.15) is 0 Å². The van der Waals surface area contributed by atoms with Gasteiger partial charge in [-0.05, 0) is 51.2 Å². The van der Waals surface area contributed by atoms with Crippen LogP contribution in [0.25, 0.3) is 0 Å². The summed E-state index contributed by atoms with van der Waals surface area (Å²) in [6.07, 6.45) is 1.16. The van der Waals surface area contributed by atoms with Gasteiger partial charge in [0.05, 0.1) is 5.56 Å². The lowest BCUT2D eigenvalue weighted by Crippen LogP contribution is -2.31. The van der Waals surface area contributed by atoms with E-state index in [2.05, 4.69) is 23.9 Å². The largest absolute Gasteiger partial charge is 0.478 e. The molecule has 0 aromatic heterocycles. The van der Waals surface area contributed by atoms with Crippen molar-refractivity contribution in [1.29, 1.82) is 0 Å². The van der Waals surface area contributed by atoms with E-state index in [4.69, 9.17) is 5.11 Å². The Hall–Kier alpha value is -1.55. The van der Waals surface area contributed by atoms with Crippen LogP contribution >= 0.6 is 0 Å². The maximum Gasteiger partial charge on any atom is 0.335 e. The molecular weight excluding hydrogens is 228 g/mol. The summed E-state index contributed by atoms with van der Waals surface area (Å²) in [5.74, 6) is -0.855. The van der Waals surface area contributed by atoms with Crippen LogP contribution in [0.3, 0.4) is 0 Å². The molecule has 0 aliphatic carbocycles. The van der Waals surface area contributed by atoms with Crippen LogP contribution in [-0.2, 0) is 0 Å². The van der Waals surface area contributed by atoms with Crippen LogP contribution in [0.2, 0.25) is 0 Å². The minimum Gasteiger partial charge on any atom is -0.478 e. The minimum atomic E-state index is -0.855. The molecule has 4 heteroatoms. The number of anilines is 1. The SMILES string of the molecule is Cc1cc(N2CCC(N(C)C)C2)ccc1C(=O)O. The molecule has 1 heterocycles. The van der Waals surface area contributed by atoms with Gasteiger partial charge in [0.15, 0.2) is 0 Å². The summed E-state index contributed by atoms with van der Waals surface area (Å²) < 4.78 is 0. The zero-order chi connectivity index (χ0) is 13.3. The molecule has 1 fully saturated rings. The molecule has 1 aromatic rings. The Balaban J connectivity index is 2.16. The number of hydrogen-bond acceptors (Lipinski definition) is 3. The number of aromatic carboxylic acids is 1. The lowest BCUT2D eigenvalue weighted by Gasteiger charge is -2.22. The molecule has 1 atom stereocenters. The first-order valence-electron chi connectivity index (χ1n) is 6.24.